The van der Waals surface area contributed by atoms with Crippen LogP contribution in [0.15, 0.2) is 48.5 Å². The van der Waals surface area contributed by atoms with Crippen LogP contribution in [-0.2, 0) is 5.41 Å². The van der Waals surface area contributed by atoms with Gasteiger partial charge >= 0.3 is 0 Å². The third-order valence-electron chi connectivity index (χ3n) is 3.51. The van der Waals surface area contributed by atoms with Gasteiger partial charge < -0.3 is 9.47 Å². The van der Waals surface area contributed by atoms with Crippen molar-refractivity contribution < 1.29 is 9.47 Å². The third-order valence-corrected chi connectivity index (χ3v) is 3.51. The quantitative estimate of drug-likeness (QED) is 0.787. The van der Waals surface area contributed by atoms with Crippen LogP contribution in [0.2, 0.25) is 0 Å². The van der Waals surface area contributed by atoms with E-state index in [4.69, 9.17) is 22.3 Å². The minimum atomic E-state index is -0.149. The summed E-state index contributed by atoms with van der Waals surface area (Å²) in [7, 11) is 0. The standard InChI is InChI=1S/C19H16O2/c1-5-20-17-11-7-15(8-12-17)19(3,4)16-9-13-18(14-10-16)21-6-2/h1-2,7-14H,3-4H3. The summed E-state index contributed by atoms with van der Waals surface area (Å²) in [5.41, 5.74) is 2.18. The zero-order valence-corrected chi connectivity index (χ0v) is 12.1. The number of ether oxygens (including phenoxy) is 2. The SMILES string of the molecule is C#COc1ccc(C(C)(C)c2ccc(OC#C)cc2)cc1. The van der Waals surface area contributed by atoms with Crippen molar-refractivity contribution in [2.24, 2.45) is 0 Å². The predicted molar refractivity (Wildman–Crippen MR) is 83.9 cm³/mol. The smallest absolute Gasteiger partial charge is 0.140 e. The number of hydrogen-bond donors (Lipinski definition) is 0. The molecular formula is C19H16O2. The van der Waals surface area contributed by atoms with Crippen molar-refractivity contribution in [1.82, 2.24) is 0 Å². The summed E-state index contributed by atoms with van der Waals surface area (Å²) in [6.07, 6.45) is 14.6. The Bertz CT molecular complexity index is 619. The Hall–Kier alpha value is -2.84. The Morgan fingerprint density at radius 1 is 0.714 bits per heavy atom. The van der Waals surface area contributed by atoms with Crippen molar-refractivity contribution in [2.45, 2.75) is 19.3 Å². The highest BCUT2D eigenvalue weighted by Crippen LogP contribution is 2.33. The van der Waals surface area contributed by atoms with Gasteiger partial charge in [-0.15, -0.1) is 0 Å². The van der Waals surface area contributed by atoms with Crippen LogP contribution in [0.5, 0.6) is 11.5 Å². The van der Waals surface area contributed by atoms with Crippen molar-refractivity contribution in [3.8, 4) is 36.6 Å². The predicted octanol–water partition coefficient (Wildman–Crippen LogP) is 3.95. The molecular weight excluding hydrogens is 260 g/mol. The van der Waals surface area contributed by atoms with Gasteiger partial charge in [0.05, 0.1) is 0 Å². The minimum Gasteiger partial charge on any atom is -0.408 e. The number of terminal acetylenes is 2. The summed E-state index contributed by atoms with van der Waals surface area (Å²) in [6, 6.07) is 15.5. The van der Waals surface area contributed by atoms with Crippen LogP contribution in [-0.4, -0.2) is 0 Å². The largest absolute Gasteiger partial charge is 0.408 e. The molecule has 104 valence electrons. The van der Waals surface area contributed by atoms with E-state index in [0.29, 0.717) is 11.5 Å². The van der Waals surface area contributed by atoms with Crippen molar-refractivity contribution in [3.05, 3.63) is 59.7 Å². The maximum Gasteiger partial charge on any atom is 0.140 e. The van der Waals surface area contributed by atoms with Gasteiger partial charge in [0.15, 0.2) is 0 Å². The third kappa shape index (κ3) is 3.19. The average Bonchev–Trinajstić information content (AvgIpc) is 2.49. The number of hydrogen-bond acceptors (Lipinski definition) is 2. The van der Waals surface area contributed by atoms with E-state index in [-0.39, 0.29) is 5.41 Å². The van der Waals surface area contributed by atoms with Gasteiger partial charge in [-0.2, -0.15) is 0 Å². The van der Waals surface area contributed by atoms with Gasteiger partial charge in [-0.3, -0.25) is 0 Å². The van der Waals surface area contributed by atoms with Gasteiger partial charge in [0.1, 0.15) is 23.7 Å². The second-order valence-electron chi connectivity index (χ2n) is 5.11. The first kappa shape index (κ1) is 14.6. The van der Waals surface area contributed by atoms with E-state index in [1.807, 2.05) is 48.5 Å². The van der Waals surface area contributed by atoms with Crippen LogP contribution in [0.4, 0.5) is 0 Å². The molecule has 21 heavy (non-hydrogen) atoms. The fourth-order valence-corrected chi connectivity index (χ4v) is 2.18. The molecule has 0 bridgehead atoms. The molecule has 2 rings (SSSR count). The summed E-state index contributed by atoms with van der Waals surface area (Å²) in [6.45, 7) is 4.31. The Morgan fingerprint density at radius 2 is 1.05 bits per heavy atom. The summed E-state index contributed by atoms with van der Waals surface area (Å²) >= 11 is 0. The molecule has 0 atom stereocenters. The molecule has 2 aromatic rings. The van der Waals surface area contributed by atoms with Gasteiger partial charge in [-0.05, 0) is 35.4 Å². The second-order valence-corrected chi connectivity index (χ2v) is 5.11. The van der Waals surface area contributed by atoms with Gasteiger partial charge in [0.25, 0.3) is 0 Å². The minimum absolute atomic E-state index is 0.149. The molecule has 2 nitrogen and oxygen atoms in total. The van der Waals surface area contributed by atoms with Crippen LogP contribution < -0.4 is 9.47 Å². The van der Waals surface area contributed by atoms with Crippen LogP contribution in [0, 0.1) is 25.1 Å². The Morgan fingerprint density at radius 3 is 1.33 bits per heavy atom. The number of rotatable bonds is 4. The van der Waals surface area contributed by atoms with Crippen LogP contribution in [0.3, 0.4) is 0 Å². The molecule has 2 heteroatoms. The number of benzene rings is 2. The Labute approximate surface area is 125 Å². The molecule has 0 fully saturated rings. The molecule has 0 unspecified atom stereocenters. The lowest BCUT2D eigenvalue weighted by Crippen LogP contribution is -2.18. The second kappa shape index (κ2) is 6.07. The van der Waals surface area contributed by atoms with Crippen LogP contribution in [0.25, 0.3) is 0 Å². The maximum atomic E-state index is 5.12. The van der Waals surface area contributed by atoms with Gasteiger partial charge in [-0.25, -0.2) is 0 Å². The monoisotopic (exact) mass is 276 g/mol. The Kier molecular flexibility index (Phi) is 4.21. The zero-order valence-electron chi connectivity index (χ0n) is 12.1. The molecule has 0 N–H and O–H groups in total. The van der Waals surface area contributed by atoms with E-state index in [1.165, 1.54) is 0 Å². The van der Waals surface area contributed by atoms with E-state index < -0.39 is 0 Å². The lowest BCUT2D eigenvalue weighted by Gasteiger charge is -2.26. The van der Waals surface area contributed by atoms with Gasteiger partial charge in [0.2, 0.25) is 0 Å². The van der Waals surface area contributed by atoms with E-state index >= 15 is 0 Å². The molecule has 0 saturated heterocycles. The van der Waals surface area contributed by atoms with Crippen molar-refractivity contribution >= 4 is 0 Å². The highest BCUT2D eigenvalue weighted by molar-refractivity contribution is 5.42. The van der Waals surface area contributed by atoms with Crippen LogP contribution in [0.1, 0.15) is 25.0 Å². The summed E-state index contributed by atoms with van der Waals surface area (Å²) in [5, 5.41) is 0. The van der Waals surface area contributed by atoms with Gasteiger partial charge in [-0.1, -0.05) is 51.0 Å². The molecule has 0 aromatic heterocycles. The first-order valence-corrected chi connectivity index (χ1v) is 6.54. The van der Waals surface area contributed by atoms with E-state index in [1.54, 1.807) is 0 Å². The topological polar surface area (TPSA) is 18.5 Å². The lowest BCUT2D eigenvalue weighted by atomic mass is 9.78. The average molecular weight is 276 g/mol. The fraction of sp³-hybridized carbons (Fsp3) is 0.158. The van der Waals surface area contributed by atoms with Gasteiger partial charge in [0, 0.05) is 5.41 Å². The molecule has 0 aliphatic rings. The molecule has 0 aliphatic heterocycles. The first-order chi connectivity index (χ1) is 10.1. The van der Waals surface area contributed by atoms with Crippen molar-refractivity contribution in [3.63, 3.8) is 0 Å². The summed E-state index contributed by atoms with van der Waals surface area (Å²) in [4.78, 5) is 0. The van der Waals surface area contributed by atoms with E-state index in [0.717, 1.165) is 11.1 Å². The van der Waals surface area contributed by atoms with Crippen LogP contribution >= 0.6 is 0 Å². The highest BCUT2D eigenvalue weighted by Gasteiger charge is 2.23. The van der Waals surface area contributed by atoms with E-state index in [2.05, 4.69) is 26.1 Å². The summed E-state index contributed by atoms with van der Waals surface area (Å²) in [5.74, 6) is 1.32. The van der Waals surface area contributed by atoms with Crippen molar-refractivity contribution in [2.75, 3.05) is 0 Å². The fourth-order valence-electron chi connectivity index (χ4n) is 2.18. The zero-order chi connectivity index (χ0) is 15.3. The summed E-state index contributed by atoms with van der Waals surface area (Å²) < 4.78 is 10.0. The molecule has 0 radical (unpaired) electrons. The molecule has 0 saturated carbocycles. The molecule has 0 spiro atoms. The normalized spacial score (nSPS) is 10.3. The maximum absolute atomic E-state index is 5.12. The molecule has 0 amide bonds. The Balaban J connectivity index is 2.28. The molecule has 2 aromatic carbocycles. The first-order valence-electron chi connectivity index (χ1n) is 6.54. The highest BCUT2D eigenvalue weighted by atomic mass is 16.5. The lowest BCUT2D eigenvalue weighted by molar-refractivity contribution is 0.518. The van der Waals surface area contributed by atoms with Crippen molar-refractivity contribution in [1.29, 1.82) is 0 Å². The van der Waals surface area contributed by atoms with E-state index in [9.17, 15) is 0 Å². The molecule has 0 heterocycles. The molecule has 0 aliphatic carbocycles.